The summed E-state index contributed by atoms with van der Waals surface area (Å²) in [5, 5.41) is 0. The van der Waals surface area contributed by atoms with Gasteiger partial charge in [-0.05, 0) is 25.7 Å². The molecule has 0 radical (unpaired) electrons. The summed E-state index contributed by atoms with van der Waals surface area (Å²) in [6.07, 6.45) is 1.31. The molecule has 0 amide bonds. The van der Waals surface area contributed by atoms with E-state index in [0.717, 1.165) is 12.8 Å². The van der Waals surface area contributed by atoms with Crippen molar-refractivity contribution < 1.29 is 19.1 Å². The van der Waals surface area contributed by atoms with Crippen molar-refractivity contribution in [3.8, 4) is 0 Å². The summed E-state index contributed by atoms with van der Waals surface area (Å²) in [4.78, 5) is 22.3. The summed E-state index contributed by atoms with van der Waals surface area (Å²) >= 11 is 3.39. The number of hydrogen-bond acceptors (Lipinski definition) is 4. The summed E-state index contributed by atoms with van der Waals surface area (Å²) in [5.41, 5.74) is 0. The summed E-state index contributed by atoms with van der Waals surface area (Å²) in [7, 11) is 0. The van der Waals surface area contributed by atoms with Crippen LogP contribution in [-0.4, -0.2) is 29.5 Å². The highest BCUT2D eigenvalue weighted by atomic mass is 79.9. The van der Waals surface area contributed by atoms with Gasteiger partial charge in [-0.25, -0.2) is 4.79 Å². The highest BCUT2D eigenvalue weighted by molar-refractivity contribution is 9.09. The molecule has 0 bridgehead atoms. The quantitative estimate of drug-likeness (QED) is 0.567. The highest BCUT2D eigenvalue weighted by Crippen LogP contribution is 2.39. The Morgan fingerprint density at radius 1 is 1.47 bits per heavy atom. The van der Waals surface area contributed by atoms with Crippen LogP contribution in [0.15, 0.2) is 0 Å². The van der Waals surface area contributed by atoms with Gasteiger partial charge in [-0.2, -0.15) is 0 Å². The van der Waals surface area contributed by atoms with Crippen LogP contribution >= 0.6 is 15.9 Å². The van der Waals surface area contributed by atoms with E-state index in [2.05, 4.69) is 15.9 Å². The van der Waals surface area contributed by atoms with Crippen molar-refractivity contribution in [2.75, 3.05) is 6.61 Å². The van der Waals surface area contributed by atoms with Gasteiger partial charge in [-0.3, -0.25) is 4.79 Å². The lowest BCUT2D eigenvalue weighted by atomic mass is 10.2. The molecule has 0 aromatic rings. The molecule has 15 heavy (non-hydrogen) atoms. The third kappa shape index (κ3) is 3.81. The third-order valence-corrected chi connectivity index (χ3v) is 3.40. The first-order chi connectivity index (χ1) is 7.06. The van der Waals surface area contributed by atoms with Crippen LogP contribution in [0.25, 0.3) is 0 Å². The van der Waals surface area contributed by atoms with Crippen LogP contribution in [0.1, 0.15) is 26.7 Å². The molecule has 0 heterocycles. The van der Waals surface area contributed by atoms with Crippen LogP contribution in [0.4, 0.5) is 0 Å². The fourth-order valence-corrected chi connectivity index (χ4v) is 2.16. The van der Waals surface area contributed by atoms with E-state index in [1.165, 1.54) is 6.92 Å². The number of hydrogen-bond donors (Lipinski definition) is 0. The van der Waals surface area contributed by atoms with Gasteiger partial charge in [0.1, 0.15) is 0 Å². The van der Waals surface area contributed by atoms with Crippen LogP contribution in [-0.2, 0) is 19.1 Å². The van der Waals surface area contributed by atoms with E-state index >= 15 is 0 Å². The molecule has 1 rings (SSSR count). The molecule has 0 spiro atoms. The number of carbonyl (C=O) groups excluding carboxylic acids is 2. The molecule has 1 saturated carbocycles. The Morgan fingerprint density at radius 2 is 2.07 bits per heavy atom. The van der Waals surface area contributed by atoms with Gasteiger partial charge >= 0.3 is 11.9 Å². The predicted octanol–water partition coefficient (Wildman–Crippen LogP) is 1.65. The number of halogens is 1. The smallest absolute Gasteiger partial charge is 0.348 e. The maximum absolute atomic E-state index is 11.5. The average molecular weight is 279 g/mol. The number of carbonyl (C=O) groups is 2. The molecule has 1 aliphatic carbocycles. The molecule has 0 aromatic heterocycles. The fraction of sp³-hybridized carbons (Fsp3) is 0.800. The SMILES string of the molecule is CCOC(=O)[C@@H](OC(C)=O)[C@@H](Br)C1CC1. The van der Waals surface area contributed by atoms with Crippen molar-refractivity contribution in [2.24, 2.45) is 5.92 Å². The second kappa shape index (κ2) is 5.49. The molecule has 1 aliphatic rings. The average Bonchev–Trinajstić information content (AvgIpc) is 2.96. The third-order valence-electron chi connectivity index (χ3n) is 2.17. The van der Waals surface area contributed by atoms with Gasteiger partial charge < -0.3 is 9.47 Å². The first kappa shape index (κ1) is 12.5. The van der Waals surface area contributed by atoms with E-state index in [1.807, 2.05) is 0 Å². The summed E-state index contributed by atoms with van der Waals surface area (Å²) < 4.78 is 9.83. The van der Waals surface area contributed by atoms with Crippen molar-refractivity contribution in [1.29, 1.82) is 0 Å². The fourth-order valence-electron chi connectivity index (χ4n) is 1.31. The molecular weight excluding hydrogens is 264 g/mol. The summed E-state index contributed by atoms with van der Waals surface area (Å²) in [6.45, 7) is 3.31. The zero-order valence-electron chi connectivity index (χ0n) is 8.86. The van der Waals surface area contributed by atoms with Crippen molar-refractivity contribution in [1.82, 2.24) is 0 Å². The van der Waals surface area contributed by atoms with Gasteiger partial charge in [0.15, 0.2) is 0 Å². The molecule has 0 aromatic carbocycles. The van der Waals surface area contributed by atoms with Gasteiger partial charge in [-0.1, -0.05) is 15.9 Å². The van der Waals surface area contributed by atoms with E-state index in [4.69, 9.17) is 9.47 Å². The van der Waals surface area contributed by atoms with Crippen molar-refractivity contribution >= 4 is 27.9 Å². The molecule has 1 fully saturated rings. The normalized spacial score (nSPS) is 19.1. The Hall–Kier alpha value is -0.580. The highest BCUT2D eigenvalue weighted by Gasteiger charge is 2.41. The number of rotatable bonds is 5. The van der Waals surface area contributed by atoms with Crippen LogP contribution < -0.4 is 0 Å². The lowest BCUT2D eigenvalue weighted by Gasteiger charge is -2.20. The van der Waals surface area contributed by atoms with Gasteiger partial charge in [-0.15, -0.1) is 0 Å². The number of esters is 2. The number of ether oxygens (including phenoxy) is 2. The first-order valence-electron chi connectivity index (χ1n) is 5.04. The van der Waals surface area contributed by atoms with Crippen LogP contribution in [0.2, 0.25) is 0 Å². The molecular formula is C10H15BrO4. The molecule has 2 atom stereocenters. The lowest BCUT2D eigenvalue weighted by Crippen LogP contribution is -2.37. The zero-order chi connectivity index (χ0) is 11.4. The largest absolute Gasteiger partial charge is 0.463 e. The van der Waals surface area contributed by atoms with Crippen LogP contribution in [0.3, 0.4) is 0 Å². The monoisotopic (exact) mass is 278 g/mol. The molecule has 0 saturated heterocycles. The minimum atomic E-state index is -0.810. The molecule has 0 N–H and O–H groups in total. The maximum Gasteiger partial charge on any atom is 0.348 e. The van der Waals surface area contributed by atoms with Gasteiger partial charge in [0.2, 0.25) is 6.10 Å². The van der Waals surface area contributed by atoms with E-state index in [-0.39, 0.29) is 4.83 Å². The van der Waals surface area contributed by atoms with Gasteiger partial charge in [0.05, 0.1) is 11.4 Å². The van der Waals surface area contributed by atoms with E-state index in [9.17, 15) is 9.59 Å². The Labute approximate surface area is 97.4 Å². The van der Waals surface area contributed by atoms with Crippen molar-refractivity contribution in [2.45, 2.75) is 37.6 Å². The van der Waals surface area contributed by atoms with Gasteiger partial charge in [0.25, 0.3) is 0 Å². The molecule has 0 aliphatic heterocycles. The Bertz CT molecular complexity index is 250. The predicted molar refractivity (Wildman–Crippen MR) is 57.6 cm³/mol. The topological polar surface area (TPSA) is 52.6 Å². The molecule has 86 valence electrons. The second-order valence-electron chi connectivity index (χ2n) is 3.56. The standard InChI is InChI=1S/C10H15BrO4/c1-3-14-10(13)9(15-6(2)12)8(11)7-4-5-7/h7-9H,3-5H2,1-2H3/t8-,9-/m0/s1. The summed E-state index contributed by atoms with van der Waals surface area (Å²) in [5.74, 6) is -0.515. The van der Waals surface area contributed by atoms with E-state index in [0.29, 0.717) is 12.5 Å². The van der Waals surface area contributed by atoms with Crippen molar-refractivity contribution in [3.05, 3.63) is 0 Å². The Kier molecular flexibility index (Phi) is 4.57. The number of alkyl halides is 1. The molecule has 4 nitrogen and oxygen atoms in total. The minimum Gasteiger partial charge on any atom is -0.463 e. The summed E-state index contributed by atoms with van der Waals surface area (Å²) in [6, 6.07) is 0. The Morgan fingerprint density at radius 3 is 2.47 bits per heavy atom. The van der Waals surface area contributed by atoms with Crippen LogP contribution in [0, 0.1) is 5.92 Å². The lowest BCUT2D eigenvalue weighted by molar-refractivity contribution is -0.166. The second-order valence-corrected chi connectivity index (χ2v) is 4.62. The molecule has 5 heteroatoms. The zero-order valence-corrected chi connectivity index (χ0v) is 10.5. The van der Waals surface area contributed by atoms with E-state index in [1.54, 1.807) is 6.92 Å². The molecule has 0 unspecified atom stereocenters. The van der Waals surface area contributed by atoms with Crippen molar-refractivity contribution in [3.63, 3.8) is 0 Å². The Balaban J connectivity index is 2.58. The van der Waals surface area contributed by atoms with Crippen LogP contribution in [0.5, 0.6) is 0 Å². The van der Waals surface area contributed by atoms with Gasteiger partial charge in [0, 0.05) is 6.92 Å². The van der Waals surface area contributed by atoms with E-state index < -0.39 is 18.0 Å². The minimum absolute atomic E-state index is 0.125. The maximum atomic E-state index is 11.5. The first-order valence-corrected chi connectivity index (χ1v) is 5.95.